The zero-order chi connectivity index (χ0) is 23.6. The number of hydrogen-bond donors (Lipinski definition) is 4. The van der Waals surface area contributed by atoms with Crippen molar-refractivity contribution in [3.63, 3.8) is 0 Å². The summed E-state index contributed by atoms with van der Waals surface area (Å²) < 4.78 is 49.7. The van der Waals surface area contributed by atoms with Gasteiger partial charge in [0.1, 0.15) is 5.82 Å². The first-order chi connectivity index (χ1) is 15.6. The molecule has 1 heterocycles. The van der Waals surface area contributed by atoms with Crippen molar-refractivity contribution in [2.45, 2.75) is 36.5 Å². The molecule has 0 bridgehead atoms. The van der Waals surface area contributed by atoms with Crippen molar-refractivity contribution in [3.05, 3.63) is 65.9 Å². The van der Waals surface area contributed by atoms with Gasteiger partial charge in [-0.15, -0.1) is 0 Å². The summed E-state index contributed by atoms with van der Waals surface area (Å²) in [6, 6.07) is 13.4. The Bertz CT molecular complexity index is 1370. The van der Waals surface area contributed by atoms with E-state index in [1.54, 1.807) is 18.3 Å². The second-order valence-electron chi connectivity index (χ2n) is 7.81. The van der Waals surface area contributed by atoms with Gasteiger partial charge in [0.2, 0.25) is 26.0 Å². The molecule has 0 unspecified atom stereocenters. The van der Waals surface area contributed by atoms with Crippen LogP contribution in [0.2, 0.25) is 0 Å². The molecular formula is C21H24N6O4S2. The Balaban J connectivity index is 1.44. The summed E-state index contributed by atoms with van der Waals surface area (Å²) in [5, 5.41) is 11.1. The van der Waals surface area contributed by atoms with Crippen molar-refractivity contribution in [3.8, 4) is 0 Å². The van der Waals surface area contributed by atoms with Crippen molar-refractivity contribution in [2.24, 2.45) is 5.14 Å². The number of anilines is 4. The minimum atomic E-state index is -3.82. The molecule has 12 heteroatoms. The van der Waals surface area contributed by atoms with Gasteiger partial charge in [0.05, 0.1) is 10.1 Å². The maximum atomic E-state index is 12.0. The van der Waals surface area contributed by atoms with E-state index in [2.05, 4.69) is 25.3 Å². The van der Waals surface area contributed by atoms with Crippen LogP contribution in [0.4, 0.5) is 23.1 Å². The highest BCUT2D eigenvalue weighted by molar-refractivity contribution is 7.90. The standard InChI is InChI=1S/C21H24N6O4S2/c1-14-12-23-21(26-17-3-2-4-19(11-17)32(22,28)29)27-20(14)25-16-7-5-15(6-8-16)13-24-33(30,31)18-9-10-18/h2-8,11-12,18,24H,9-10,13H2,1H3,(H2,22,28,29)(H2,23,25,26,27). The Morgan fingerprint density at radius 3 is 2.39 bits per heavy atom. The van der Waals surface area contributed by atoms with Gasteiger partial charge in [0.15, 0.2) is 0 Å². The average Bonchev–Trinajstić information content (AvgIpc) is 3.62. The molecule has 0 atom stereocenters. The third-order valence-electron chi connectivity index (χ3n) is 5.05. The van der Waals surface area contributed by atoms with Crippen LogP contribution in [0.15, 0.2) is 59.6 Å². The van der Waals surface area contributed by atoms with Crippen LogP contribution < -0.4 is 20.5 Å². The molecule has 1 aliphatic carbocycles. The monoisotopic (exact) mass is 488 g/mol. The van der Waals surface area contributed by atoms with E-state index in [-0.39, 0.29) is 22.6 Å². The lowest BCUT2D eigenvalue weighted by Crippen LogP contribution is -2.26. The summed E-state index contributed by atoms with van der Waals surface area (Å²) in [5.41, 5.74) is 2.91. The number of nitrogens with two attached hydrogens (primary N) is 1. The van der Waals surface area contributed by atoms with Gasteiger partial charge in [-0.3, -0.25) is 0 Å². The van der Waals surface area contributed by atoms with Crippen molar-refractivity contribution in [1.82, 2.24) is 14.7 Å². The van der Waals surface area contributed by atoms with Crippen LogP contribution in [0.1, 0.15) is 24.0 Å². The first-order valence-electron chi connectivity index (χ1n) is 10.2. The van der Waals surface area contributed by atoms with Gasteiger partial charge >= 0.3 is 0 Å². The van der Waals surface area contributed by atoms with E-state index in [0.29, 0.717) is 11.5 Å². The molecule has 4 rings (SSSR count). The normalized spacial score (nSPS) is 14.1. The summed E-state index contributed by atoms with van der Waals surface area (Å²) in [6.07, 6.45) is 3.10. The topological polar surface area (TPSA) is 156 Å². The molecule has 10 nitrogen and oxygen atoms in total. The van der Waals surface area contributed by atoms with E-state index < -0.39 is 20.0 Å². The summed E-state index contributed by atoms with van der Waals surface area (Å²) in [4.78, 5) is 8.69. The number of primary sulfonamides is 1. The fourth-order valence-electron chi connectivity index (χ4n) is 3.03. The summed E-state index contributed by atoms with van der Waals surface area (Å²) in [6.45, 7) is 2.10. The molecule has 1 aliphatic rings. The van der Waals surface area contributed by atoms with Crippen molar-refractivity contribution < 1.29 is 16.8 Å². The number of sulfonamides is 2. The van der Waals surface area contributed by atoms with E-state index in [1.807, 2.05) is 31.2 Å². The molecule has 174 valence electrons. The maximum absolute atomic E-state index is 12.0. The summed E-state index contributed by atoms with van der Waals surface area (Å²) in [7, 11) is -7.04. The lowest BCUT2D eigenvalue weighted by atomic mass is 10.2. The third-order valence-corrected chi connectivity index (χ3v) is 7.85. The Hall–Kier alpha value is -3.06. The van der Waals surface area contributed by atoms with Crippen LogP contribution in [0.5, 0.6) is 0 Å². The molecule has 0 spiro atoms. The highest BCUT2D eigenvalue weighted by Crippen LogP contribution is 2.27. The second-order valence-corrected chi connectivity index (χ2v) is 11.4. The lowest BCUT2D eigenvalue weighted by Gasteiger charge is -2.12. The summed E-state index contributed by atoms with van der Waals surface area (Å²) >= 11 is 0. The van der Waals surface area contributed by atoms with Gasteiger partial charge in [0.25, 0.3) is 0 Å². The van der Waals surface area contributed by atoms with Crippen molar-refractivity contribution >= 4 is 43.2 Å². The fourth-order valence-corrected chi connectivity index (χ4v) is 4.95. The molecule has 5 N–H and O–H groups in total. The zero-order valence-corrected chi connectivity index (χ0v) is 19.4. The number of benzene rings is 2. The van der Waals surface area contributed by atoms with Crippen LogP contribution in [-0.4, -0.2) is 32.1 Å². The van der Waals surface area contributed by atoms with E-state index in [1.165, 1.54) is 12.1 Å². The highest BCUT2D eigenvalue weighted by atomic mass is 32.2. The SMILES string of the molecule is Cc1cnc(Nc2cccc(S(N)(=O)=O)c2)nc1Nc1ccc(CNS(=O)(=O)C2CC2)cc1. The second kappa shape index (κ2) is 9.06. The number of aromatic nitrogens is 2. The Morgan fingerprint density at radius 1 is 1.00 bits per heavy atom. The maximum Gasteiger partial charge on any atom is 0.238 e. The minimum absolute atomic E-state index is 0.0162. The number of aryl methyl sites for hydroxylation is 1. The third kappa shape index (κ3) is 6.05. The molecule has 0 radical (unpaired) electrons. The molecule has 2 aromatic carbocycles. The fraction of sp³-hybridized carbons (Fsp3) is 0.238. The first-order valence-corrected chi connectivity index (χ1v) is 13.3. The molecule has 0 amide bonds. The van der Waals surface area contributed by atoms with Crippen molar-refractivity contribution in [1.29, 1.82) is 0 Å². The lowest BCUT2D eigenvalue weighted by molar-refractivity contribution is 0.580. The van der Waals surface area contributed by atoms with Crippen LogP contribution in [0.25, 0.3) is 0 Å². The first kappa shape index (κ1) is 23.1. The molecule has 3 aromatic rings. The van der Waals surface area contributed by atoms with Crippen molar-refractivity contribution in [2.75, 3.05) is 10.6 Å². The Kier molecular flexibility index (Phi) is 6.34. The van der Waals surface area contributed by atoms with Gasteiger partial charge in [-0.2, -0.15) is 4.98 Å². The molecule has 0 aliphatic heterocycles. The number of rotatable bonds is 9. The Labute approximate surface area is 192 Å². The van der Waals surface area contributed by atoms with E-state index in [0.717, 1.165) is 29.7 Å². The highest BCUT2D eigenvalue weighted by Gasteiger charge is 2.35. The minimum Gasteiger partial charge on any atom is -0.340 e. The van der Waals surface area contributed by atoms with Crippen LogP contribution in [0, 0.1) is 6.92 Å². The molecule has 1 aromatic heterocycles. The largest absolute Gasteiger partial charge is 0.340 e. The molecule has 1 fully saturated rings. The van der Waals surface area contributed by atoms with E-state index in [9.17, 15) is 16.8 Å². The molecule has 33 heavy (non-hydrogen) atoms. The predicted octanol–water partition coefficient (Wildman–Crippen LogP) is 2.50. The van der Waals surface area contributed by atoms with Gasteiger partial charge in [0, 0.05) is 29.7 Å². The van der Waals surface area contributed by atoms with Crippen LogP contribution in [0.3, 0.4) is 0 Å². The van der Waals surface area contributed by atoms with Gasteiger partial charge < -0.3 is 10.6 Å². The predicted molar refractivity (Wildman–Crippen MR) is 126 cm³/mol. The zero-order valence-electron chi connectivity index (χ0n) is 17.8. The van der Waals surface area contributed by atoms with Gasteiger partial charge in [-0.25, -0.2) is 31.7 Å². The smallest absolute Gasteiger partial charge is 0.238 e. The van der Waals surface area contributed by atoms with Gasteiger partial charge in [-0.1, -0.05) is 18.2 Å². The molecular weight excluding hydrogens is 464 g/mol. The molecule has 1 saturated carbocycles. The quantitative estimate of drug-likeness (QED) is 0.358. The molecule has 0 saturated heterocycles. The Morgan fingerprint density at radius 2 is 1.73 bits per heavy atom. The van der Waals surface area contributed by atoms with Crippen LogP contribution in [-0.2, 0) is 26.6 Å². The van der Waals surface area contributed by atoms with Gasteiger partial charge in [-0.05, 0) is 55.7 Å². The average molecular weight is 489 g/mol. The van der Waals surface area contributed by atoms with E-state index in [4.69, 9.17) is 5.14 Å². The van der Waals surface area contributed by atoms with Crippen LogP contribution >= 0.6 is 0 Å². The summed E-state index contributed by atoms with van der Waals surface area (Å²) in [5.74, 6) is 0.845. The van der Waals surface area contributed by atoms with E-state index >= 15 is 0 Å². The number of hydrogen-bond acceptors (Lipinski definition) is 8. The number of nitrogens with one attached hydrogen (secondary N) is 3. The number of nitrogens with zero attached hydrogens (tertiary/aromatic N) is 2.